The fourth-order valence-electron chi connectivity index (χ4n) is 4.36. The van der Waals surface area contributed by atoms with Crippen molar-refractivity contribution < 1.29 is 9.53 Å². The lowest BCUT2D eigenvalue weighted by atomic mass is 9.97. The Morgan fingerprint density at radius 2 is 1.71 bits per heavy atom. The molecule has 1 amide bonds. The first-order valence-corrected chi connectivity index (χ1v) is 11.8. The fraction of sp³-hybridized carbons (Fsp3) is 0.259. The van der Waals surface area contributed by atoms with Crippen LogP contribution in [0.4, 0.5) is 11.5 Å². The number of piperidine rings is 1. The van der Waals surface area contributed by atoms with E-state index in [-0.39, 0.29) is 11.8 Å². The van der Waals surface area contributed by atoms with Gasteiger partial charge in [0.05, 0.1) is 11.6 Å². The van der Waals surface area contributed by atoms with Crippen LogP contribution in [-0.4, -0.2) is 38.7 Å². The van der Waals surface area contributed by atoms with E-state index in [9.17, 15) is 4.79 Å². The summed E-state index contributed by atoms with van der Waals surface area (Å²) in [6, 6.07) is 21.0. The summed E-state index contributed by atoms with van der Waals surface area (Å²) in [7, 11) is 0. The van der Waals surface area contributed by atoms with Crippen LogP contribution in [0.15, 0.2) is 73.1 Å². The van der Waals surface area contributed by atoms with Gasteiger partial charge in [0.1, 0.15) is 23.6 Å². The van der Waals surface area contributed by atoms with E-state index in [1.54, 1.807) is 6.33 Å². The topological polar surface area (TPSA) is 85.2 Å². The smallest absolute Gasteiger partial charge is 0.229 e. The molecule has 2 aromatic carbocycles. The molecule has 8 nitrogen and oxygen atoms in total. The molecule has 2 aromatic heterocycles. The summed E-state index contributed by atoms with van der Waals surface area (Å²) >= 11 is 0. The highest BCUT2D eigenvalue weighted by atomic mass is 16.5. The van der Waals surface area contributed by atoms with Gasteiger partial charge in [-0.1, -0.05) is 18.2 Å². The molecular formula is C27H28N6O2. The average Bonchev–Trinajstić information content (AvgIpc) is 3.23. The van der Waals surface area contributed by atoms with Gasteiger partial charge in [0.2, 0.25) is 5.91 Å². The summed E-state index contributed by atoms with van der Waals surface area (Å²) in [4.78, 5) is 24.1. The van der Waals surface area contributed by atoms with Gasteiger partial charge in [-0.05, 0) is 69.2 Å². The molecule has 1 atom stereocenters. The van der Waals surface area contributed by atoms with E-state index in [0.717, 1.165) is 59.6 Å². The average molecular weight is 469 g/mol. The number of hydrogen-bond donors (Lipinski definition) is 1. The van der Waals surface area contributed by atoms with E-state index < -0.39 is 0 Å². The van der Waals surface area contributed by atoms with Gasteiger partial charge in [-0.15, -0.1) is 0 Å². The Kier molecular flexibility index (Phi) is 6.43. The van der Waals surface area contributed by atoms with Gasteiger partial charge in [-0.2, -0.15) is 5.10 Å². The van der Waals surface area contributed by atoms with Gasteiger partial charge in [0.15, 0.2) is 5.82 Å². The summed E-state index contributed by atoms with van der Waals surface area (Å²) in [5.74, 6) is 2.92. The molecule has 8 heteroatoms. The minimum Gasteiger partial charge on any atom is -0.457 e. The maximum atomic E-state index is 13.0. The minimum atomic E-state index is -0.129. The van der Waals surface area contributed by atoms with Crippen molar-refractivity contribution in [1.82, 2.24) is 19.7 Å². The molecule has 0 saturated carbocycles. The second-order valence-electron chi connectivity index (χ2n) is 8.79. The highest BCUT2D eigenvalue weighted by molar-refractivity contribution is 5.93. The first kappa shape index (κ1) is 22.6. The number of para-hydroxylation sites is 1. The van der Waals surface area contributed by atoms with Crippen molar-refractivity contribution in [1.29, 1.82) is 0 Å². The number of rotatable bonds is 6. The summed E-state index contributed by atoms with van der Waals surface area (Å²) < 4.78 is 7.65. The molecule has 1 aliphatic heterocycles. The third-order valence-electron chi connectivity index (χ3n) is 6.08. The number of anilines is 2. The lowest BCUT2D eigenvalue weighted by molar-refractivity contribution is -0.120. The third-order valence-corrected chi connectivity index (χ3v) is 6.08. The van der Waals surface area contributed by atoms with E-state index in [0.29, 0.717) is 6.54 Å². The number of amides is 1. The summed E-state index contributed by atoms with van der Waals surface area (Å²) in [5, 5.41) is 7.58. The van der Waals surface area contributed by atoms with Crippen molar-refractivity contribution in [2.75, 3.05) is 23.3 Å². The Balaban J connectivity index is 1.23. The van der Waals surface area contributed by atoms with Crippen molar-refractivity contribution >= 4 is 17.4 Å². The number of carbonyl (C=O) groups excluding carboxylic acids is 1. The highest BCUT2D eigenvalue weighted by Gasteiger charge is 2.27. The van der Waals surface area contributed by atoms with E-state index >= 15 is 0 Å². The Labute approximate surface area is 204 Å². The van der Waals surface area contributed by atoms with Crippen LogP contribution >= 0.6 is 0 Å². The monoisotopic (exact) mass is 468 g/mol. The molecule has 178 valence electrons. The predicted molar refractivity (Wildman–Crippen MR) is 135 cm³/mol. The number of aryl methyl sites for hydroxylation is 2. The maximum Gasteiger partial charge on any atom is 0.229 e. The summed E-state index contributed by atoms with van der Waals surface area (Å²) in [6.45, 7) is 5.42. The normalized spacial score (nSPS) is 15.6. The zero-order valence-electron chi connectivity index (χ0n) is 19.9. The molecule has 5 rings (SSSR count). The number of nitrogens with zero attached hydrogens (tertiary/aromatic N) is 5. The number of ether oxygens (including phenoxy) is 1. The Morgan fingerprint density at radius 3 is 2.46 bits per heavy atom. The number of aromatic nitrogens is 4. The van der Waals surface area contributed by atoms with E-state index in [4.69, 9.17) is 4.74 Å². The molecule has 1 unspecified atom stereocenters. The third kappa shape index (κ3) is 5.32. The van der Waals surface area contributed by atoms with Crippen LogP contribution in [0.2, 0.25) is 0 Å². The fourth-order valence-corrected chi connectivity index (χ4v) is 4.36. The van der Waals surface area contributed by atoms with Gasteiger partial charge >= 0.3 is 0 Å². The predicted octanol–water partition coefficient (Wildman–Crippen LogP) is 4.93. The van der Waals surface area contributed by atoms with E-state index in [2.05, 4.69) is 25.3 Å². The van der Waals surface area contributed by atoms with E-state index in [1.807, 2.05) is 85.3 Å². The Hall–Kier alpha value is -4.20. The van der Waals surface area contributed by atoms with Crippen molar-refractivity contribution in [3.63, 3.8) is 0 Å². The molecule has 35 heavy (non-hydrogen) atoms. The van der Waals surface area contributed by atoms with Crippen molar-refractivity contribution in [3.8, 4) is 17.3 Å². The van der Waals surface area contributed by atoms with Crippen LogP contribution in [0.5, 0.6) is 11.5 Å². The molecule has 1 fully saturated rings. The van der Waals surface area contributed by atoms with Crippen LogP contribution in [0, 0.1) is 19.8 Å². The molecular weight excluding hydrogens is 440 g/mol. The van der Waals surface area contributed by atoms with Gasteiger partial charge in [0, 0.05) is 30.5 Å². The van der Waals surface area contributed by atoms with Crippen LogP contribution < -0.4 is 15.0 Å². The Morgan fingerprint density at radius 1 is 0.971 bits per heavy atom. The second-order valence-corrected chi connectivity index (χ2v) is 8.79. The molecule has 1 saturated heterocycles. The first-order chi connectivity index (χ1) is 17.0. The van der Waals surface area contributed by atoms with Crippen molar-refractivity contribution in [3.05, 3.63) is 84.4 Å². The van der Waals surface area contributed by atoms with Crippen molar-refractivity contribution in [2.45, 2.75) is 26.7 Å². The number of benzene rings is 2. The summed E-state index contributed by atoms with van der Waals surface area (Å²) in [6.07, 6.45) is 3.32. The number of hydrogen-bond acceptors (Lipinski definition) is 6. The summed E-state index contributed by atoms with van der Waals surface area (Å²) in [5.41, 5.74) is 2.71. The number of carbonyl (C=O) groups is 1. The number of nitrogens with one attached hydrogen (secondary N) is 1. The largest absolute Gasteiger partial charge is 0.457 e. The highest BCUT2D eigenvalue weighted by Crippen LogP contribution is 2.26. The zero-order chi connectivity index (χ0) is 24.2. The van der Waals surface area contributed by atoms with Gasteiger partial charge in [-0.3, -0.25) is 4.79 Å². The molecule has 1 N–H and O–H groups in total. The van der Waals surface area contributed by atoms with E-state index in [1.165, 1.54) is 0 Å². The van der Waals surface area contributed by atoms with Crippen molar-refractivity contribution in [2.24, 2.45) is 5.92 Å². The molecule has 0 bridgehead atoms. The minimum absolute atomic E-state index is 0.0132. The molecule has 4 aromatic rings. The molecule has 0 radical (unpaired) electrons. The van der Waals surface area contributed by atoms with Crippen LogP contribution in [0.25, 0.3) is 5.82 Å². The SMILES string of the molecule is Cc1cc(C)n(-c2cc(N3CCCC(C(=O)Nc4ccc(Oc5ccccc5)cc4)C3)ncn2)n1. The Bertz CT molecular complexity index is 1300. The molecule has 0 aliphatic carbocycles. The molecule has 1 aliphatic rings. The van der Waals surface area contributed by atoms with Gasteiger partial charge in [0.25, 0.3) is 0 Å². The lowest BCUT2D eigenvalue weighted by Gasteiger charge is -2.33. The molecule has 3 heterocycles. The quantitative estimate of drug-likeness (QED) is 0.432. The zero-order valence-corrected chi connectivity index (χ0v) is 19.9. The maximum absolute atomic E-state index is 13.0. The lowest BCUT2D eigenvalue weighted by Crippen LogP contribution is -2.41. The van der Waals surface area contributed by atoms with Crippen LogP contribution in [-0.2, 0) is 4.79 Å². The van der Waals surface area contributed by atoms with Crippen LogP contribution in [0.1, 0.15) is 24.2 Å². The molecule has 0 spiro atoms. The van der Waals surface area contributed by atoms with Gasteiger partial charge in [-0.25, -0.2) is 14.6 Å². The van der Waals surface area contributed by atoms with Crippen LogP contribution in [0.3, 0.4) is 0 Å². The standard InChI is InChI=1S/C27H28N6O2/c1-19-15-20(2)33(31-19)26-16-25(28-18-29-26)32-14-6-7-21(17-32)27(34)30-22-10-12-24(13-11-22)35-23-8-4-3-5-9-23/h3-5,8-13,15-16,18,21H,6-7,14,17H2,1-2H3,(H,30,34). The first-order valence-electron chi connectivity index (χ1n) is 11.8. The van der Waals surface area contributed by atoms with Gasteiger partial charge < -0.3 is 15.0 Å². The second kappa shape index (κ2) is 9.97.